The van der Waals surface area contributed by atoms with Crippen LogP contribution in [0.1, 0.15) is 30.9 Å². The van der Waals surface area contributed by atoms with Crippen LogP contribution in [0.3, 0.4) is 0 Å². The van der Waals surface area contributed by atoms with Gasteiger partial charge in [-0.25, -0.2) is 0 Å². The molecule has 1 unspecified atom stereocenters. The van der Waals surface area contributed by atoms with Crippen molar-refractivity contribution in [3.05, 3.63) is 64.7 Å². The Balaban J connectivity index is 1.93. The first-order valence-corrected chi connectivity index (χ1v) is 7.19. The molecule has 2 aromatic rings. The fourth-order valence-electron chi connectivity index (χ4n) is 2.21. The fourth-order valence-corrected chi connectivity index (χ4v) is 2.40. The predicted molar refractivity (Wildman–Crippen MR) is 80.2 cm³/mol. The van der Waals surface area contributed by atoms with Crippen molar-refractivity contribution >= 4 is 11.6 Å². The molecule has 1 atom stereocenters. The number of halogens is 1. The van der Waals surface area contributed by atoms with Gasteiger partial charge in [0.25, 0.3) is 0 Å². The lowest BCUT2D eigenvalue weighted by atomic mass is 9.88. The lowest BCUT2D eigenvalue weighted by Crippen LogP contribution is -2.22. The molecule has 104 valence electrons. The number of hydrogen-bond donors (Lipinski definition) is 1. The van der Waals surface area contributed by atoms with Crippen molar-refractivity contribution in [2.45, 2.75) is 31.5 Å². The quantitative estimate of drug-likeness (QED) is 0.916. The molecule has 2 nitrogen and oxygen atoms in total. The molecule has 0 saturated heterocycles. The molecule has 0 heterocycles. The summed E-state index contributed by atoms with van der Waals surface area (Å²) >= 11 is 6.01. The highest BCUT2D eigenvalue weighted by atomic mass is 35.5. The van der Waals surface area contributed by atoms with Gasteiger partial charge in [0.1, 0.15) is 11.4 Å². The van der Waals surface area contributed by atoms with E-state index in [9.17, 15) is 5.11 Å². The van der Waals surface area contributed by atoms with Crippen LogP contribution in [-0.2, 0) is 5.60 Å². The van der Waals surface area contributed by atoms with Gasteiger partial charge in [-0.1, -0.05) is 35.9 Å². The second-order valence-corrected chi connectivity index (χ2v) is 5.86. The van der Waals surface area contributed by atoms with E-state index in [-0.39, 0.29) is 0 Å². The van der Waals surface area contributed by atoms with Crippen LogP contribution in [0.2, 0.25) is 5.02 Å². The average Bonchev–Trinajstić information content (AvgIpc) is 3.23. The Morgan fingerprint density at radius 2 is 1.75 bits per heavy atom. The Morgan fingerprint density at radius 1 is 1.10 bits per heavy atom. The monoisotopic (exact) mass is 288 g/mol. The summed E-state index contributed by atoms with van der Waals surface area (Å²) in [6, 6.07) is 14.9. The Morgan fingerprint density at radius 3 is 2.40 bits per heavy atom. The zero-order valence-corrected chi connectivity index (χ0v) is 12.1. The van der Waals surface area contributed by atoms with Gasteiger partial charge in [0, 0.05) is 5.02 Å². The third-order valence-electron chi connectivity index (χ3n) is 3.61. The molecule has 3 heteroatoms. The van der Waals surface area contributed by atoms with Gasteiger partial charge in [-0.2, -0.15) is 0 Å². The van der Waals surface area contributed by atoms with Crippen LogP contribution in [-0.4, -0.2) is 11.2 Å². The van der Waals surface area contributed by atoms with Gasteiger partial charge in [0.05, 0.1) is 6.10 Å². The number of benzene rings is 2. The van der Waals surface area contributed by atoms with E-state index in [1.807, 2.05) is 36.4 Å². The maximum Gasteiger partial charge on any atom is 0.120 e. The van der Waals surface area contributed by atoms with Crippen molar-refractivity contribution in [2.75, 3.05) is 0 Å². The highest BCUT2D eigenvalue weighted by molar-refractivity contribution is 6.30. The molecule has 3 rings (SSSR count). The van der Waals surface area contributed by atoms with Crippen molar-refractivity contribution in [1.82, 2.24) is 0 Å². The zero-order chi connectivity index (χ0) is 14.2. The molecule has 1 aliphatic carbocycles. The molecule has 1 fully saturated rings. The highest BCUT2D eigenvalue weighted by Gasteiger charge is 2.28. The van der Waals surface area contributed by atoms with Gasteiger partial charge < -0.3 is 9.84 Å². The van der Waals surface area contributed by atoms with Crippen molar-refractivity contribution < 1.29 is 9.84 Å². The second kappa shape index (κ2) is 5.12. The van der Waals surface area contributed by atoms with Gasteiger partial charge in [-0.3, -0.25) is 0 Å². The third-order valence-corrected chi connectivity index (χ3v) is 3.85. The summed E-state index contributed by atoms with van der Waals surface area (Å²) in [5, 5.41) is 11.5. The second-order valence-electron chi connectivity index (χ2n) is 5.43. The summed E-state index contributed by atoms with van der Waals surface area (Å²) in [5.41, 5.74) is 0.486. The van der Waals surface area contributed by atoms with Crippen LogP contribution in [0, 0.1) is 0 Å². The van der Waals surface area contributed by atoms with Crippen LogP contribution >= 0.6 is 11.6 Å². The van der Waals surface area contributed by atoms with Gasteiger partial charge in [-0.15, -0.1) is 0 Å². The van der Waals surface area contributed by atoms with E-state index in [0.29, 0.717) is 11.1 Å². The first-order chi connectivity index (χ1) is 9.55. The molecule has 2 aromatic carbocycles. The van der Waals surface area contributed by atoms with E-state index in [4.69, 9.17) is 16.3 Å². The highest BCUT2D eigenvalue weighted by Crippen LogP contribution is 2.34. The molecular weight excluding hydrogens is 272 g/mol. The molecule has 0 aliphatic heterocycles. The van der Waals surface area contributed by atoms with Crippen molar-refractivity contribution in [3.8, 4) is 5.75 Å². The lowest BCUT2D eigenvalue weighted by molar-refractivity contribution is 0.102. The molecule has 1 saturated carbocycles. The van der Waals surface area contributed by atoms with Crippen molar-refractivity contribution in [1.29, 1.82) is 0 Å². The molecular formula is C17H17ClO2. The SMILES string of the molecule is CC(O)(c1cccc(Cl)c1)c1cccc(OC2CC2)c1. The van der Waals surface area contributed by atoms with Gasteiger partial charge >= 0.3 is 0 Å². The molecule has 0 spiro atoms. The Kier molecular flexibility index (Phi) is 3.45. The van der Waals surface area contributed by atoms with Crippen LogP contribution in [0.5, 0.6) is 5.75 Å². The minimum Gasteiger partial charge on any atom is -0.490 e. The summed E-state index contributed by atoms with van der Waals surface area (Å²) < 4.78 is 5.78. The maximum atomic E-state index is 10.8. The molecule has 0 bridgehead atoms. The largest absolute Gasteiger partial charge is 0.490 e. The normalized spacial score (nSPS) is 17.6. The molecule has 20 heavy (non-hydrogen) atoms. The first kappa shape index (κ1) is 13.5. The smallest absolute Gasteiger partial charge is 0.120 e. The molecule has 0 aromatic heterocycles. The summed E-state index contributed by atoms with van der Waals surface area (Å²) in [6.07, 6.45) is 2.59. The number of rotatable bonds is 4. The molecule has 0 radical (unpaired) electrons. The maximum absolute atomic E-state index is 10.8. The van der Waals surface area contributed by atoms with E-state index in [1.54, 1.807) is 19.1 Å². The summed E-state index contributed by atoms with van der Waals surface area (Å²) in [5.74, 6) is 0.812. The zero-order valence-electron chi connectivity index (χ0n) is 11.3. The van der Waals surface area contributed by atoms with Gasteiger partial charge in [0.15, 0.2) is 0 Å². The fraction of sp³-hybridized carbons (Fsp3) is 0.294. The number of hydrogen-bond acceptors (Lipinski definition) is 2. The molecule has 0 amide bonds. The lowest BCUT2D eigenvalue weighted by Gasteiger charge is -2.25. The number of aliphatic hydroxyl groups is 1. The number of ether oxygens (including phenoxy) is 1. The Hall–Kier alpha value is -1.51. The van der Waals surface area contributed by atoms with E-state index < -0.39 is 5.60 Å². The topological polar surface area (TPSA) is 29.5 Å². The van der Waals surface area contributed by atoms with Crippen LogP contribution in [0.15, 0.2) is 48.5 Å². The van der Waals surface area contributed by atoms with E-state index in [1.165, 1.54) is 0 Å². The standard InChI is InChI=1S/C17H17ClO2/c1-17(19,12-4-2-6-14(18)10-12)13-5-3-7-16(11-13)20-15-8-9-15/h2-7,10-11,15,19H,8-9H2,1H3. The molecule has 1 N–H and O–H groups in total. The first-order valence-electron chi connectivity index (χ1n) is 6.81. The summed E-state index contributed by atoms with van der Waals surface area (Å²) in [4.78, 5) is 0. The van der Waals surface area contributed by atoms with E-state index >= 15 is 0 Å². The van der Waals surface area contributed by atoms with Gasteiger partial charge in [-0.05, 0) is 55.2 Å². The van der Waals surface area contributed by atoms with Gasteiger partial charge in [0.2, 0.25) is 0 Å². The van der Waals surface area contributed by atoms with Crippen molar-refractivity contribution in [2.24, 2.45) is 0 Å². The van der Waals surface area contributed by atoms with E-state index in [0.717, 1.165) is 29.7 Å². The summed E-state index contributed by atoms with van der Waals surface area (Å²) in [7, 11) is 0. The Labute approximate surface area is 124 Å². The predicted octanol–water partition coefficient (Wildman–Crippen LogP) is 4.14. The minimum atomic E-state index is -1.09. The third kappa shape index (κ3) is 2.82. The van der Waals surface area contributed by atoms with Crippen LogP contribution in [0.4, 0.5) is 0 Å². The van der Waals surface area contributed by atoms with Crippen LogP contribution < -0.4 is 4.74 Å². The summed E-state index contributed by atoms with van der Waals surface area (Å²) in [6.45, 7) is 1.77. The molecule has 1 aliphatic rings. The Bertz CT molecular complexity index is 618. The van der Waals surface area contributed by atoms with E-state index in [2.05, 4.69) is 0 Å². The average molecular weight is 289 g/mol. The van der Waals surface area contributed by atoms with Crippen LogP contribution in [0.25, 0.3) is 0 Å². The van der Waals surface area contributed by atoms with Crippen molar-refractivity contribution in [3.63, 3.8) is 0 Å². The minimum absolute atomic E-state index is 0.348.